The third-order valence-electron chi connectivity index (χ3n) is 5.48. The normalized spacial score (nSPS) is 16.0. The summed E-state index contributed by atoms with van der Waals surface area (Å²) in [4.78, 5) is 18.3. The van der Waals surface area contributed by atoms with Gasteiger partial charge in [0.2, 0.25) is 5.91 Å². The summed E-state index contributed by atoms with van der Waals surface area (Å²) in [6.07, 6.45) is 0. The van der Waals surface area contributed by atoms with Gasteiger partial charge in [-0.2, -0.15) is 0 Å². The summed E-state index contributed by atoms with van der Waals surface area (Å²) in [7, 11) is 0. The topological polar surface area (TPSA) is 61.6 Å². The van der Waals surface area contributed by atoms with Gasteiger partial charge in [0.25, 0.3) is 0 Å². The van der Waals surface area contributed by atoms with Crippen molar-refractivity contribution < 1.29 is 9.32 Å². The molecule has 0 radical (unpaired) electrons. The summed E-state index contributed by atoms with van der Waals surface area (Å²) in [5, 5.41) is 9.64. The molecule has 1 aliphatic heterocycles. The molecule has 1 amide bonds. The lowest BCUT2D eigenvalue weighted by Crippen LogP contribution is -2.50. The van der Waals surface area contributed by atoms with Crippen molar-refractivity contribution >= 4 is 17.2 Å². The molecule has 1 N–H and O–H groups in total. The van der Waals surface area contributed by atoms with Crippen molar-refractivity contribution in [3.05, 3.63) is 75.3 Å². The molecule has 0 unspecified atom stereocenters. The van der Waals surface area contributed by atoms with Gasteiger partial charge in [0.05, 0.1) is 18.3 Å². The fourth-order valence-electron chi connectivity index (χ4n) is 3.78. The second-order valence-corrected chi connectivity index (χ2v) is 8.81. The van der Waals surface area contributed by atoms with E-state index in [1.165, 1.54) is 16.0 Å². The predicted octanol–water partition coefficient (Wildman–Crippen LogP) is 3.38. The SMILES string of the molecule is Cc1ccc([C@H](NCC(=O)N2CCN(Cc3cc(C)on3)CC2)c2cccs2)cc1. The van der Waals surface area contributed by atoms with Gasteiger partial charge < -0.3 is 9.42 Å². The van der Waals surface area contributed by atoms with Crippen LogP contribution in [0.4, 0.5) is 0 Å². The molecular formula is C23H28N4O2S. The number of aromatic nitrogens is 1. The Morgan fingerprint density at radius 3 is 2.57 bits per heavy atom. The summed E-state index contributed by atoms with van der Waals surface area (Å²) < 4.78 is 5.14. The minimum Gasteiger partial charge on any atom is -0.361 e. The van der Waals surface area contributed by atoms with Gasteiger partial charge in [-0.25, -0.2) is 0 Å². The molecular weight excluding hydrogens is 396 g/mol. The minimum atomic E-state index is 0.0336. The summed E-state index contributed by atoms with van der Waals surface area (Å²) >= 11 is 1.71. The molecule has 1 atom stereocenters. The summed E-state index contributed by atoms with van der Waals surface area (Å²) in [6.45, 7) is 8.28. The minimum absolute atomic E-state index is 0.0336. The first-order chi connectivity index (χ1) is 14.6. The van der Waals surface area contributed by atoms with E-state index in [1.54, 1.807) is 11.3 Å². The maximum Gasteiger partial charge on any atom is 0.236 e. The first kappa shape index (κ1) is 20.8. The molecule has 1 aromatic carbocycles. The summed E-state index contributed by atoms with van der Waals surface area (Å²) in [5.41, 5.74) is 3.37. The van der Waals surface area contributed by atoms with Crippen LogP contribution in [-0.4, -0.2) is 53.6 Å². The Labute approximate surface area is 181 Å². The van der Waals surface area contributed by atoms with Gasteiger partial charge in [-0.15, -0.1) is 11.3 Å². The molecule has 2 aromatic heterocycles. The van der Waals surface area contributed by atoms with Crippen LogP contribution >= 0.6 is 11.3 Å². The first-order valence-electron chi connectivity index (χ1n) is 10.3. The Bertz CT molecular complexity index is 944. The lowest BCUT2D eigenvalue weighted by atomic mass is 10.0. The molecule has 0 bridgehead atoms. The van der Waals surface area contributed by atoms with Crippen LogP contribution in [0.25, 0.3) is 0 Å². The number of hydrogen-bond acceptors (Lipinski definition) is 6. The van der Waals surface area contributed by atoms with Crippen LogP contribution in [0.3, 0.4) is 0 Å². The zero-order valence-corrected chi connectivity index (χ0v) is 18.3. The number of amides is 1. The molecule has 3 aromatic rings. The van der Waals surface area contributed by atoms with Crippen molar-refractivity contribution in [3.8, 4) is 0 Å². The number of carbonyl (C=O) groups is 1. The molecule has 0 saturated carbocycles. The van der Waals surface area contributed by atoms with Crippen molar-refractivity contribution in [3.63, 3.8) is 0 Å². The number of thiophene rings is 1. The number of carbonyl (C=O) groups excluding carboxylic acids is 1. The van der Waals surface area contributed by atoms with E-state index in [-0.39, 0.29) is 11.9 Å². The van der Waals surface area contributed by atoms with E-state index in [0.717, 1.165) is 44.2 Å². The second-order valence-electron chi connectivity index (χ2n) is 7.83. The third-order valence-corrected chi connectivity index (χ3v) is 6.42. The van der Waals surface area contributed by atoms with Crippen LogP contribution < -0.4 is 5.32 Å². The van der Waals surface area contributed by atoms with Crippen molar-refractivity contribution in [1.82, 2.24) is 20.3 Å². The molecule has 30 heavy (non-hydrogen) atoms. The quantitative estimate of drug-likeness (QED) is 0.630. The van der Waals surface area contributed by atoms with Gasteiger partial charge in [-0.1, -0.05) is 41.1 Å². The number of hydrogen-bond donors (Lipinski definition) is 1. The number of piperazine rings is 1. The van der Waals surface area contributed by atoms with E-state index in [1.807, 2.05) is 17.9 Å². The average Bonchev–Trinajstić information content (AvgIpc) is 3.42. The van der Waals surface area contributed by atoms with Gasteiger partial charge in [-0.05, 0) is 30.9 Å². The van der Waals surface area contributed by atoms with Gasteiger partial charge in [0.1, 0.15) is 5.76 Å². The van der Waals surface area contributed by atoms with E-state index in [2.05, 4.69) is 64.1 Å². The Morgan fingerprint density at radius 2 is 1.93 bits per heavy atom. The fourth-order valence-corrected chi connectivity index (χ4v) is 4.60. The molecule has 3 heterocycles. The standard InChI is InChI=1S/C23H28N4O2S/c1-17-5-7-19(8-6-17)23(21-4-3-13-30-21)24-15-22(28)27-11-9-26(10-12-27)16-20-14-18(2)29-25-20/h3-8,13-14,23-24H,9-12,15-16H2,1-2H3/t23-/m0/s1. The highest BCUT2D eigenvalue weighted by Gasteiger charge is 2.23. The van der Waals surface area contributed by atoms with Gasteiger partial charge in [-0.3, -0.25) is 15.0 Å². The number of rotatable bonds is 7. The van der Waals surface area contributed by atoms with Crippen molar-refractivity contribution in [2.75, 3.05) is 32.7 Å². The maximum absolute atomic E-state index is 12.8. The highest BCUT2D eigenvalue weighted by atomic mass is 32.1. The molecule has 158 valence electrons. The predicted molar refractivity (Wildman–Crippen MR) is 118 cm³/mol. The van der Waals surface area contributed by atoms with E-state index in [4.69, 9.17) is 4.52 Å². The van der Waals surface area contributed by atoms with E-state index >= 15 is 0 Å². The van der Waals surface area contributed by atoms with Crippen molar-refractivity contribution in [2.24, 2.45) is 0 Å². The van der Waals surface area contributed by atoms with Crippen LogP contribution in [0.5, 0.6) is 0 Å². The Morgan fingerprint density at radius 1 is 1.17 bits per heavy atom. The van der Waals surface area contributed by atoms with Crippen LogP contribution in [0.15, 0.2) is 52.4 Å². The van der Waals surface area contributed by atoms with E-state index in [9.17, 15) is 4.79 Å². The van der Waals surface area contributed by atoms with E-state index < -0.39 is 0 Å². The number of nitrogens with zero attached hydrogens (tertiary/aromatic N) is 3. The van der Waals surface area contributed by atoms with Gasteiger partial charge in [0.15, 0.2) is 0 Å². The van der Waals surface area contributed by atoms with E-state index in [0.29, 0.717) is 6.54 Å². The first-order valence-corrected chi connectivity index (χ1v) is 11.2. The van der Waals surface area contributed by atoms with Gasteiger partial charge in [0, 0.05) is 43.7 Å². The highest BCUT2D eigenvalue weighted by Crippen LogP contribution is 2.26. The number of aryl methyl sites for hydroxylation is 2. The third kappa shape index (κ3) is 5.16. The monoisotopic (exact) mass is 424 g/mol. The molecule has 1 fully saturated rings. The number of benzene rings is 1. The van der Waals surface area contributed by atoms with Crippen LogP contribution in [0, 0.1) is 13.8 Å². The van der Waals surface area contributed by atoms with Gasteiger partial charge >= 0.3 is 0 Å². The fraction of sp³-hybridized carbons (Fsp3) is 0.391. The smallest absolute Gasteiger partial charge is 0.236 e. The van der Waals surface area contributed by atoms with Crippen LogP contribution in [0.1, 0.15) is 33.5 Å². The maximum atomic E-state index is 12.8. The average molecular weight is 425 g/mol. The molecule has 6 nitrogen and oxygen atoms in total. The van der Waals surface area contributed by atoms with Crippen LogP contribution in [0.2, 0.25) is 0 Å². The molecule has 0 spiro atoms. The van der Waals surface area contributed by atoms with Crippen molar-refractivity contribution in [1.29, 1.82) is 0 Å². The second kappa shape index (κ2) is 9.55. The Kier molecular flexibility index (Phi) is 6.62. The summed E-state index contributed by atoms with van der Waals surface area (Å²) in [6, 6.07) is 14.7. The molecule has 1 aliphatic rings. The lowest BCUT2D eigenvalue weighted by molar-refractivity contribution is -0.132. The zero-order chi connectivity index (χ0) is 20.9. The Hall–Kier alpha value is -2.48. The Balaban J connectivity index is 1.31. The molecule has 7 heteroatoms. The lowest BCUT2D eigenvalue weighted by Gasteiger charge is -2.34. The van der Waals surface area contributed by atoms with Crippen molar-refractivity contribution in [2.45, 2.75) is 26.4 Å². The molecule has 0 aliphatic carbocycles. The highest BCUT2D eigenvalue weighted by molar-refractivity contribution is 7.10. The number of nitrogens with one attached hydrogen (secondary N) is 1. The summed E-state index contributed by atoms with van der Waals surface area (Å²) in [5.74, 6) is 0.986. The molecule has 1 saturated heterocycles. The molecule has 4 rings (SSSR count). The zero-order valence-electron chi connectivity index (χ0n) is 17.5. The van der Waals surface area contributed by atoms with Crippen LogP contribution in [-0.2, 0) is 11.3 Å². The largest absolute Gasteiger partial charge is 0.361 e.